The molecule has 0 unspecified atom stereocenters. The van der Waals surface area contributed by atoms with Gasteiger partial charge in [-0.25, -0.2) is 5.43 Å². The third-order valence-corrected chi connectivity index (χ3v) is 4.67. The quantitative estimate of drug-likeness (QED) is 0.326. The molecule has 0 fully saturated rings. The summed E-state index contributed by atoms with van der Waals surface area (Å²) >= 11 is 5.94. The minimum absolute atomic E-state index is 0.0359. The molecule has 0 radical (unpaired) electrons. The number of aromatic nitrogens is 1. The van der Waals surface area contributed by atoms with Crippen LogP contribution in [0.15, 0.2) is 82.7 Å². The molecule has 1 aromatic heterocycles. The van der Waals surface area contributed by atoms with E-state index in [0.717, 1.165) is 5.56 Å². The summed E-state index contributed by atoms with van der Waals surface area (Å²) in [6, 6.07) is 21.7. The van der Waals surface area contributed by atoms with E-state index in [2.05, 4.69) is 10.5 Å². The Morgan fingerprint density at radius 1 is 0.964 bits per heavy atom. The van der Waals surface area contributed by atoms with Crippen molar-refractivity contribution < 1.29 is 4.79 Å². The zero-order valence-electron chi connectivity index (χ0n) is 14.8. The minimum atomic E-state index is -0.294. The Morgan fingerprint density at radius 3 is 2.25 bits per heavy atom. The highest BCUT2D eigenvalue weighted by molar-refractivity contribution is 6.30. The fourth-order valence-electron chi connectivity index (χ4n) is 3.19. The van der Waals surface area contributed by atoms with Crippen LogP contribution in [0.3, 0.4) is 0 Å². The number of carbonyl (C=O) groups excluding carboxylic acids is 1. The molecular weight excluding hydrogens is 374 g/mol. The van der Waals surface area contributed by atoms with Crippen LogP contribution in [0.25, 0.3) is 21.8 Å². The Kier molecular flexibility index (Phi) is 4.91. The molecule has 1 amide bonds. The topological polar surface area (TPSA) is 63.5 Å². The highest BCUT2D eigenvalue weighted by Crippen LogP contribution is 2.19. The average molecular weight is 390 g/mol. The summed E-state index contributed by atoms with van der Waals surface area (Å²) in [6.45, 7) is 0.0359. The molecule has 5 nitrogen and oxygen atoms in total. The third kappa shape index (κ3) is 3.52. The summed E-state index contributed by atoms with van der Waals surface area (Å²) in [5.41, 5.74) is 4.69. The van der Waals surface area contributed by atoms with E-state index in [1.54, 1.807) is 24.3 Å². The zero-order chi connectivity index (χ0) is 19.5. The molecule has 6 heteroatoms. The minimum Gasteiger partial charge on any atom is -0.331 e. The van der Waals surface area contributed by atoms with E-state index in [1.165, 1.54) is 6.21 Å². The van der Waals surface area contributed by atoms with Crippen LogP contribution in [-0.4, -0.2) is 16.7 Å². The van der Waals surface area contributed by atoms with Gasteiger partial charge in [0.25, 0.3) is 5.91 Å². The first-order chi connectivity index (χ1) is 13.6. The lowest BCUT2D eigenvalue weighted by Crippen LogP contribution is -2.25. The van der Waals surface area contributed by atoms with Crippen LogP contribution in [0.1, 0.15) is 5.56 Å². The Bertz CT molecular complexity index is 1220. The van der Waals surface area contributed by atoms with E-state index in [-0.39, 0.29) is 17.9 Å². The molecule has 0 atom stereocenters. The third-order valence-electron chi connectivity index (χ3n) is 4.43. The van der Waals surface area contributed by atoms with Crippen molar-refractivity contribution in [2.24, 2.45) is 5.10 Å². The SMILES string of the molecule is O=C(Cn1c2ccccc2c(=O)c2ccccc21)N/N=C\c1cccc(Cl)c1. The number of benzene rings is 3. The lowest BCUT2D eigenvalue weighted by molar-refractivity contribution is -0.121. The molecule has 1 heterocycles. The fraction of sp³-hybridized carbons (Fsp3) is 0.0455. The molecule has 28 heavy (non-hydrogen) atoms. The van der Waals surface area contributed by atoms with Crippen molar-refractivity contribution in [3.8, 4) is 0 Å². The van der Waals surface area contributed by atoms with Crippen molar-refractivity contribution in [2.45, 2.75) is 6.54 Å². The van der Waals surface area contributed by atoms with Crippen LogP contribution in [-0.2, 0) is 11.3 Å². The fourth-order valence-corrected chi connectivity index (χ4v) is 3.39. The lowest BCUT2D eigenvalue weighted by atomic mass is 10.1. The smallest absolute Gasteiger partial charge is 0.260 e. The van der Waals surface area contributed by atoms with E-state index in [1.807, 2.05) is 53.1 Å². The van der Waals surface area contributed by atoms with Crippen LogP contribution < -0.4 is 10.9 Å². The number of nitrogens with zero attached hydrogens (tertiary/aromatic N) is 2. The highest BCUT2D eigenvalue weighted by atomic mass is 35.5. The number of pyridine rings is 1. The standard InChI is InChI=1S/C22H16ClN3O2/c23-16-7-5-6-15(12-16)13-24-25-21(27)14-26-19-10-3-1-8-17(19)22(28)18-9-2-4-11-20(18)26/h1-13H,14H2,(H,25,27)/b24-13-. The van der Waals surface area contributed by atoms with Crippen molar-refractivity contribution in [3.05, 3.63) is 93.6 Å². The number of carbonyl (C=O) groups is 1. The number of halogens is 1. The van der Waals surface area contributed by atoms with Crippen LogP contribution in [0.4, 0.5) is 0 Å². The van der Waals surface area contributed by atoms with Gasteiger partial charge in [-0.2, -0.15) is 5.10 Å². The van der Waals surface area contributed by atoms with Crippen LogP contribution in [0, 0.1) is 0 Å². The van der Waals surface area contributed by atoms with E-state index in [0.29, 0.717) is 26.8 Å². The van der Waals surface area contributed by atoms with E-state index in [4.69, 9.17) is 11.6 Å². The predicted molar refractivity (Wildman–Crippen MR) is 113 cm³/mol. The maximum absolute atomic E-state index is 12.7. The van der Waals surface area contributed by atoms with E-state index in [9.17, 15) is 9.59 Å². The van der Waals surface area contributed by atoms with Crippen molar-refractivity contribution in [1.82, 2.24) is 9.99 Å². The summed E-state index contributed by atoms with van der Waals surface area (Å²) in [5.74, 6) is -0.294. The van der Waals surface area contributed by atoms with Gasteiger partial charge in [0, 0.05) is 15.8 Å². The molecule has 1 N–H and O–H groups in total. The van der Waals surface area contributed by atoms with Gasteiger partial charge in [-0.15, -0.1) is 0 Å². The Hall–Kier alpha value is -3.44. The second-order valence-electron chi connectivity index (χ2n) is 6.30. The number of rotatable bonds is 4. The second kappa shape index (κ2) is 7.66. The van der Waals surface area contributed by atoms with Gasteiger partial charge in [0.15, 0.2) is 5.43 Å². The molecule has 138 valence electrons. The van der Waals surface area contributed by atoms with Gasteiger partial charge < -0.3 is 4.57 Å². The molecule has 0 bridgehead atoms. The van der Waals surface area contributed by atoms with E-state index >= 15 is 0 Å². The lowest BCUT2D eigenvalue weighted by Gasteiger charge is -2.14. The highest BCUT2D eigenvalue weighted by Gasteiger charge is 2.12. The number of para-hydroxylation sites is 2. The number of fused-ring (bicyclic) bond motifs is 2. The van der Waals surface area contributed by atoms with Crippen LogP contribution >= 0.6 is 11.6 Å². The first-order valence-corrected chi connectivity index (χ1v) is 9.09. The molecule has 0 aliphatic rings. The summed E-state index contributed by atoms with van der Waals surface area (Å²) < 4.78 is 1.83. The predicted octanol–water partition coefficient (Wildman–Crippen LogP) is 3.96. The average Bonchev–Trinajstić information content (AvgIpc) is 2.71. The molecule has 0 aliphatic carbocycles. The number of hydrogen-bond acceptors (Lipinski definition) is 3. The van der Waals surface area contributed by atoms with Gasteiger partial charge >= 0.3 is 0 Å². The van der Waals surface area contributed by atoms with Gasteiger partial charge in [-0.3, -0.25) is 9.59 Å². The summed E-state index contributed by atoms with van der Waals surface area (Å²) in [5, 5.41) is 5.76. The summed E-state index contributed by atoms with van der Waals surface area (Å²) in [4.78, 5) is 25.2. The van der Waals surface area contributed by atoms with Crippen LogP contribution in [0.5, 0.6) is 0 Å². The number of hydrazone groups is 1. The van der Waals surface area contributed by atoms with Crippen molar-refractivity contribution in [3.63, 3.8) is 0 Å². The summed E-state index contributed by atoms with van der Waals surface area (Å²) in [7, 11) is 0. The Balaban J connectivity index is 1.66. The molecule has 0 aliphatic heterocycles. The van der Waals surface area contributed by atoms with Crippen molar-refractivity contribution >= 4 is 45.5 Å². The Labute approximate surface area is 165 Å². The molecule has 4 rings (SSSR count). The van der Waals surface area contributed by atoms with Gasteiger partial charge in [0.1, 0.15) is 6.54 Å². The first kappa shape index (κ1) is 17.9. The second-order valence-corrected chi connectivity index (χ2v) is 6.73. The Morgan fingerprint density at radius 2 is 1.61 bits per heavy atom. The summed E-state index contributed by atoms with van der Waals surface area (Å²) in [6.07, 6.45) is 1.53. The van der Waals surface area contributed by atoms with Crippen LogP contribution in [0.2, 0.25) is 5.02 Å². The van der Waals surface area contributed by atoms with Crippen molar-refractivity contribution in [2.75, 3.05) is 0 Å². The largest absolute Gasteiger partial charge is 0.331 e. The van der Waals surface area contributed by atoms with E-state index < -0.39 is 0 Å². The first-order valence-electron chi connectivity index (χ1n) is 8.71. The van der Waals surface area contributed by atoms with Gasteiger partial charge in [-0.05, 0) is 42.0 Å². The maximum atomic E-state index is 12.7. The molecule has 4 aromatic rings. The normalized spacial score (nSPS) is 11.3. The zero-order valence-corrected chi connectivity index (χ0v) is 15.6. The molecule has 0 saturated heterocycles. The monoisotopic (exact) mass is 389 g/mol. The van der Waals surface area contributed by atoms with Gasteiger partial charge in [0.05, 0.1) is 17.2 Å². The van der Waals surface area contributed by atoms with Gasteiger partial charge in [-0.1, -0.05) is 48.0 Å². The van der Waals surface area contributed by atoms with Crippen molar-refractivity contribution in [1.29, 1.82) is 0 Å². The molecule has 3 aromatic carbocycles. The van der Waals surface area contributed by atoms with Gasteiger partial charge in [0.2, 0.25) is 0 Å². The number of nitrogens with one attached hydrogen (secondary N) is 1. The number of hydrogen-bond donors (Lipinski definition) is 1. The number of amides is 1. The molecule has 0 spiro atoms. The maximum Gasteiger partial charge on any atom is 0.260 e. The molecular formula is C22H16ClN3O2. The molecule has 0 saturated carbocycles.